The first-order valence-electron chi connectivity index (χ1n) is 5.64. The summed E-state index contributed by atoms with van der Waals surface area (Å²) in [4.78, 5) is 10.8. The largest absolute Gasteiger partial charge is 0.493 e. The van der Waals surface area contributed by atoms with Crippen LogP contribution in [0.4, 0.5) is 0 Å². The van der Waals surface area contributed by atoms with Crippen LogP contribution in [0.3, 0.4) is 0 Å². The van der Waals surface area contributed by atoms with Gasteiger partial charge in [-0.15, -0.1) is 11.8 Å². The second-order valence-electron chi connectivity index (χ2n) is 3.59. The summed E-state index contributed by atoms with van der Waals surface area (Å²) in [5.41, 5.74) is 0.591. The number of aliphatic carboxylic acids is 1. The summed E-state index contributed by atoms with van der Waals surface area (Å²) in [5.74, 6) is 0.545. The van der Waals surface area contributed by atoms with E-state index in [1.807, 2.05) is 13.0 Å². The van der Waals surface area contributed by atoms with Crippen molar-refractivity contribution in [2.75, 3.05) is 12.4 Å². The van der Waals surface area contributed by atoms with E-state index in [1.54, 1.807) is 24.3 Å². The molecule has 0 saturated heterocycles. The molecule has 0 aliphatic heterocycles. The third kappa shape index (κ3) is 4.68. The van der Waals surface area contributed by atoms with E-state index < -0.39 is 5.97 Å². The van der Waals surface area contributed by atoms with Crippen molar-refractivity contribution in [3.05, 3.63) is 29.8 Å². The molecule has 1 N–H and O–H groups in total. The number of carboxylic acids is 1. The minimum absolute atomic E-state index is 0.366. The maximum atomic E-state index is 10.8. The number of carboxylic acid groups (broad SMARTS) is 1. The fraction of sp³-hybridized carbons (Fsp3) is 0.385. The van der Waals surface area contributed by atoms with Crippen LogP contribution in [0.15, 0.2) is 24.3 Å². The molecule has 0 radical (unpaired) electrons. The summed E-state index contributed by atoms with van der Waals surface area (Å²) < 4.78 is 5.46. The molecule has 0 aromatic heterocycles. The van der Waals surface area contributed by atoms with Gasteiger partial charge in [0.1, 0.15) is 11.0 Å². The lowest BCUT2D eigenvalue weighted by molar-refractivity contribution is -0.136. The van der Waals surface area contributed by atoms with Gasteiger partial charge >= 0.3 is 5.97 Å². The van der Waals surface area contributed by atoms with Crippen LogP contribution in [0.5, 0.6) is 5.75 Å². The fourth-order valence-electron chi connectivity index (χ4n) is 1.34. The molecule has 1 atom stereocenters. The molecule has 1 unspecified atom stereocenters. The molecule has 0 saturated carbocycles. The lowest BCUT2D eigenvalue weighted by atomic mass is 10.2. The summed E-state index contributed by atoms with van der Waals surface area (Å²) in [6, 6.07) is 8.88. The van der Waals surface area contributed by atoms with E-state index in [9.17, 15) is 4.79 Å². The van der Waals surface area contributed by atoms with Crippen molar-refractivity contribution < 1.29 is 14.6 Å². The van der Waals surface area contributed by atoms with Crippen molar-refractivity contribution in [2.24, 2.45) is 0 Å². The van der Waals surface area contributed by atoms with E-state index in [1.165, 1.54) is 11.8 Å². The molecule has 0 aliphatic carbocycles. The maximum Gasteiger partial charge on any atom is 0.316 e. The average molecular weight is 265 g/mol. The van der Waals surface area contributed by atoms with Gasteiger partial charge in [-0.3, -0.25) is 4.79 Å². The van der Waals surface area contributed by atoms with Crippen LogP contribution in [0.2, 0.25) is 0 Å². The van der Waals surface area contributed by atoms with Gasteiger partial charge in [-0.25, -0.2) is 0 Å². The molecule has 0 heterocycles. The molecule has 1 aromatic carbocycles. The van der Waals surface area contributed by atoms with Crippen LogP contribution in [0, 0.1) is 11.3 Å². The molecule has 0 bridgehead atoms. The molecule has 0 spiro atoms. The molecule has 18 heavy (non-hydrogen) atoms. The van der Waals surface area contributed by atoms with Crippen molar-refractivity contribution in [3.8, 4) is 11.8 Å². The summed E-state index contributed by atoms with van der Waals surface area (Å²) in [7, 11) is 0. The summed E-state index contributed by atoms with van der Waals surface area (Å²) in [6.45, 7) is 2.31. The van der Waals surface area contributed by atoms with Gasteiger partial charge in [-0.1, -0.05) is 6.92 Å². The van der Waals surface area contributed by atoms with Crippen LogP contribution in [0.25, 0.3) is 0 Å². The molecule has 1 rings (SSSR count). The Hall–Kier alpha value is -1.67. The Labute approximate surface area is 111 Å². The van der Waals surface area contributed by atoms with Gasteiger partial charge in [0.25, 0.3) is 0 Å². The van der Waals surface area contributed by atoms with Crippen LogP contribution >= 0.6 is 11.8 Å². The number of hydrogen-bond donors (Lipinski definition) is 1. The third-order valence-electron chi connectivity index (χ3n) is 2.30. The number of rotatable bonds is 7. The van der Waals surface area contributed by atoms with Gasteiger partial charge in [0.15, 0.2) is 0 Å². The Balaban J connectivity index is 2.29. The molecule has 0 aliphatic rings. The number of ether oxygens (including phenoxy) is 1. The van der Waals surface area contributed by atoms with Crippen LogP contribution in [-0.4, -0.2) is 28.7 Å². The first-order valence-corrected chi connectivity index (χ1v) is 6.69. The zero-order valence-electron chi connectivity index (χ0n) is 10.1. The Kier molecular flexibility index (Phi) is 6.09. The van der Waals surface area contributed by atoms with Gasteiger partial charge in [-0.05, 0) is 30.7 Å². The van der Waals surface area contributed by atoms with Crippen LogP contribution in [0.1, 0.15) is 18.9 Å². The van der Waals surface area contributed by atoms with E-state index >= 15 is 0 Å². The second-order valence-corrected chi connectivity index (χ2v) is 4.90. The SMILES string of the molecule is CCC(SCCOc1ccc(C#N)cc1)C(=O)O. The summed E-state index contributed by atoms with van der Waals surface area (Å²) in [6.07, 6.45) is 0.608. The molecule has 96 valence electrons. The van der Waals surface area contributed by atoms with Crippen molar-refractivity contribution >= 4 is 17.7 Å². The standard InChI is InChI=1S/C13H15NO3S/c1-2-12(13(15)16)18-8-7-17-11-5-3-10(9-14)4-6-11/h3-6,12H,2,7-8H2,1H3,(H,15,16). The molecule has 1 aromatic rings. The number of nitriles is 1. The lowest BCUT2D eigenvalue weighted by Crippen LogP contribution is -2.16. The average Bonchev–Trinajstić information content (AvgIpc) is 2.39. The quantitative estimate of drug-likeness (QED) is 0.767. The highest BCUT2D eigenvalue weighted by Gasteiger charge is 2.14. The molecule has 5 heteroatoms. The maximum absolute atomic E-state index is 10.8. The Bertz CT molecular complexity index is 425. The van der Waals surface area contributed by atoms with E-state index in [0.717, 1.165) is 0 Å². The predicted molar refractivity (Wildman–Crippen MR) is 70.8 cm³/mol. The van der Waals surface area contributed by atoms with E-state index in [4.69, 9.17) is 15.1 Å². The van der Waals surface area contributed by atoms with Gasteiger partial charge in [-0.2, -0.15) is 5.26 Å². The number of benzene rings is 1. The van der Waals surface area contributed by atoms with Crippen molar-refractivity contribution in [2.45, 2.75) is 18.6 Å². The third-order valence-corrected chi connectivity index (χ3v) is 3.64. The van der Waals surface area contributed by atoms with E-state index in [2.05, 4.69) is 0 Å². The highest BCUT2D eigenvalue weighted by atomic mass is 32.2. The van der Waals surface area contributed by atoms with Gasteiger partial charge < -0.3 is 9.84 Å². The van der Waals surface area contributed by atoms with Crippen molar-refractivity contribution in [1.82, 2.24) is 0 Å². The first kappa shape index (κ1) is 14.4. The van der Waals surface area contributed by atoms with Gasteiger partial charge in [0, 0.05) is 5.75 Å². The fourth-order valence-corrected chi connectivity index (χ4v) is 2.18. The van der Waals surface area contributed by atoms with E-state index in [0.29, 0.717) is 30.1 Å². The number of hydrogen-bond acceptors (Lipinski definition) is 4. The molecule has 4 nitrogen and oxygen atoms in total. The molecular weight excluding hydrogens is 250 g/mol. The Morgan fingerprint density at radius 3 is 2.67 bits per heavy atom. The summed E-state index contributed by atoms with van der Waals surface area (Å²) in [5, 5.41) is 17.1. The van der Waals surface area contributed by atoms with Gasteiger partial charge in [0.05, 0.1) is 18.2 Å². The molecular formula is C13H15NO3S. The topological polar surface area (TPSA) is 70.3 Å². The zero-order chi connectivity index (χ0) is 13.4. The van der Waals surface area contributed by atoms with Crippen molar-refractivity contribution in [1.29, 1.82) is 5.26 Å². The van der Waals surface area contributed by atoms with Gasteiger partial charge in [0.2, 0.25) is 0 Å². The highest BCUT2D eigenvalue weighted by molar-refractivity contribution is 8.00. The zero-order valence-corrected chi connectivity index (χ0v) is 10.9. The Morgan fingerprint density at radius 1 is 1.50 bits per heavy atom. The minimum atomic E-state index is -0.777. The van der Waals surface area contributed by atoms with E-state index in [-0.39, 0.29) is 5.25 Å². The summed E-state index contributed by atoms with van der Waals surface area (Å²) >= 11 is 1.38. The first-order chi connectivity index (χ1) is 8.67. The second kappa shape index (κ2) is 7.62. The Morgan fingerprint density at radius 2 is 2.17 bits per heavy atom. The minimum Gasteiger partial charge on any atom is -0.493 e. The highest BCUT2D eigenvalue weighted by Crippen LogP contribution is 2.16. The smallest absolute Gasteiger partial charge is 0.316 e. The predicted octanol–water partition coefficient (Wildman–Crippen LogP) is 2.53. The normalized spacial score (nSPS) is 11.6. The van der Waals surface area contributed by atoms with Crippen molar-refractivity contribution in [3.63, 3.8) is 0 Å². The van der Waals surface area contributed by atoms with Crippen LogP contribution < -0.4 is 4.74 Å². The molecule has 0 amide bonds. The number of nitrogens with zero attached hydrogens (tertiary/aromatic N) is 1. The molecule has 0 fully saturated rings. The number of thioether (sulfide) groups is 1. The number of carbonyl (C=O) groups is 1. The monoisotopic (exact) mass is 265 g/mol. The lowest BCUT2D eigenvalue weighted by Gasteiger charge is -2.10. The van der Waals surface area contributed by atoms with Crippen LogP contribution in [-0.2, 0) is 4.79 Å².